The Balaban J connectivity index is 2.60. The van der Waals surface area contributed by atoms with Crippen LogP contribution in [0.2, 0.25) is 0 Å². The van der Waals surface area contributed by atoms with Gasteiger partial charge in [-0.2, -0.15) is 0 Å². The summed E-state index contributed by atoms with van der Waals surface area (Å²) in [6, 6.07) is 1.94. The van der Waals surface area contributed by atoms with E-state index in [-0.39, 0.29) is 0 Å². The van der Waals surface area contributed by atoms with Crippen molar-refractivity contribution in [2.45, 2.75) is 27.2 Å². The van der Waals surface area contributed by atoms with Crippen molar-refractivity contribution in [3.05, 3.63) is 35.3 Å². The Morgan fingerprint density at radius 1 is 1.28 bits per heavy atom. The number of hydrazine groups is 1. The number of hydrogen-bond acceptors (Lipinski definition) is 5. The first kappa shape index (κ1) is 12.4. The molecule has 0 radical (unpaired) electrons. The third kappa shape index (κ3) is 2.17. The number of aromatic nitrogens is 3. The average molecular weight is 243 g/mol. The number of aryl methyl sites for hydroxylation is 2. The Morgan fingerprint density at radius 2 is 2.06 bits per heavy atom. The fourth-order valence-corrected chi connectivity index (χ4v) is 1.96. The van der Waals surface area contributed by atoms with Gasteiger partial charge < -0.3 is 5.43 Å². The lowest BCUT2D eigenvalue weighted by atomic mass is 10.1. The van der Waals surface area contributed by atoms with E-state index in [0.717, 1.165) is 28.8 Å². The van der Waals surface area contributed by atoms with E-state index in [1.54, 1.807) is 12.4 Å². The summed E-state index contributed by atoms with van der Waals surface area (Å²) in [5.41, 5.74) is 6.66. The van der Waals surface area contributed by atoms with Gasteiger partial charge in [-0.1, -0.05) is 6.92 Å². The van der Waals surface area contributed by atoms with Gasteiger partial charge in [0.25, 0.3) is 0 Å². The molecule has 0 spiro atoms. The summed E-state index contributed by atoms with van der Waals surface area (Å²) in [5.74, 6) is 6.86. The topological polar surface area (TPSA) is 76.7 Å². The summed E-state index contributed by atoms with van der Waals surface area (Å²) in [4.78, 5) is 13.1. The zero-order valence-electron chi connectivity index (χ0n) is 10.9. The van der Waals surface area contributed by atoms with Gasteiger partial charge in [0.2, 0.25) is 0 Å². The molecule has 0 aromatic carbocycles. The largest absolute Gasteiger partial charge is 0.308 e. The van der Waals surface area contributed by atoms with Crippen molar-refractivity contribution in [2.24, 2.45) is 5.84 Å². The monoisotopic (exact) mass is 243 g/mol. The van der Waals surface area contributed by atoms with Crippen molar-refractivity contribution >= 4 is 5.82 Å². The second kappa shape index (κ2) is 5.10. The lowest BCUT2D eigenvalue weighted by Crippen LogP contribution is -2.13. The fourth-order valence-electron chi connectivity index (χ4n) is 1.96. The number of rotatable bonds is 3. The number of nitrogens with zero attached hydrogens (tertiary/aromatic N) is 3. The Bertz CT molecular complexity index is 565. The first-order valence-corrected chi connectivity index (χ1v) is 5.92. The Morgan fingerprint density at radius 3 is 2.67 bits per heavy atom. The van der Waals surface area contributed by atoms with Crippen molar-refractivity contribution < 1.29 is 0 Å². The van der Waals surface area contributed by atoms with Gasteiger partial charge in [-0.3, -0.25) is 4.98 Å². The fraction of sp³-hybridized carbons (Fsp3) is 0.308. The number of nitrogen functional groups attached to an aromatic ring is 1. The van der Waals surface area contributed by atoms with Crippen molar-refractivity contribution in [1.29, 1.82) is 0 Å². The van der Waals surface area contributed by atoms with Crippen molar-refractivity contribution in [1.82, 2.24) is 15.0 Å². The Kier molecular flexibility index (Phi) is 3.53. The number of nitrogens with one attached hydrogen (secondary N) is 1. The minimum absolute atomic E-state index is 0.656. The van der Waals surface area contributed by atoms with E-state index in [9.17, 15) is 0 Å². The van der Waals surface area contributed by atoms with Crippen molar-refractivity contribution in [3.63, 3.8) is 0 Å². The molecule has 5 nitrogen and oxygen atoms in total. The van der Waals surface area contributed by atoms with Crippen LogP contribution in [0.4, 0.5) is 5.82 Å². The second-order valence-electron chi connectivity index (χ2n) is 4.15. The summed E-state index contributed by atoms with van der Waals surface area (Å²) < 4.78 is 0. The van der Waals surface area contributed by atoms with Gasteiger partial charge in [-0.15, -0.1) is 0 Å². The number of anilines is 1. The molecular weight excluding hydrogens is 226 g/mol. The normalized spacial score (nSPS) is 10.4. The van der Waals surface area contributed by atoms with Crippen molar-refractivity contribution in [3.8, 4) is 11.4 Å². The van der Waals surface area contributed by atoms with Crippen LogP contribution in [-0.2, 0) is 6.42 Å². The molecule has 0 unspecified atom stereocenters. The molecule has 18 heavy (non-hydrogen) atoms. The quantitative estimate of drug-likeness (QED) is 0.637. The molecule has 0 aliphatic heterocycles. The highest BCUT2D eigenvalue weighted by Gasteiger charge is 2.12. The average Bonchev–Trinajstić information content (AvgIpc) is 2.38. The maximum absolute atomic E-state index is 5.52. The molecule has 0 amide bonds. The van der Waals surface area contributed by atoms with Gasteiger partial charge >= 0.3 is 0 Å². The molecule has 2 aromatic heterocycles. The first-order valence-electron chi connectivity index (χ1n) is 5.92. The van der Waals surface area contributed by atoms with Gasteiger partial charge in [0.15, 0.2) is 5.82 Å². The highest BCUT2D eigenvalue weighted by molar-refractivity contribution is 5.62. The van der Waals surface area contributed by atoms with E-state index in [1.807, 2.05) is 19.9 Å². The molecule has 94 valence electrons. The van der Waals surface area contributed by atoms with E-state index < -0.39 is 0 Å². The summed E-state index contributed by atoms with van der Waals surface area (Å²) in [7, 11) is 0. The lowest BCUT2D eigenvalue weighted by Gasteiger charge is -2.12. The van der Waals surface area contributed by atoms with E-state index in [2.05, 4.69) is 27.3 Å². The molecule has 2 aromatic rings. The van der Waals surface area contributed by atoms with Crippen LogP contribution in [0.15, 0.2) is 18.5 Å². The summed E-state index contributed by atoms with van der Waals surface area (Å²) >= 11 is 0. The van der Waals surface area contributed by atoms with Crippen LogP contribution in [0.3, 0.4) is 0 Å². The molecule has 0 bridgehead atoms. The maximum atomic E-state index is 5.52. The van der Waals surface area contributed by atoms with Gasteiger partial charge in [0.05, 0.1) is 0 Å². The molecule has 5 heteroatoms. The Hall–Kier alpha value is -2.01. The minimum atomic E-state index is 0.656. The Labute approximate surface area is 106 Å². The lowest BCUT2D eigenvalue weighted by molar-refractivity contribution is 0.992. The van der Waals surface area contributed by atoms with Gasteiger partial charge in [0, 0.05) is 29.2 Å². The van der Waals surface area contributed by atoms with Crippen molar-refractivity contribution in [2.75, 3.05) is 5.43 Å². The third-order valence-electron chi connectivity index (χ3n) is 2.98. The van der Waals surface area contributed by atoms with Gasteiger partial charge in [-0.25, -0.2) is 15.8 Å². The first-order chi connectivity index (χ1) is 8.67. The van der Waals surface area contributed by atoms with E-state index in [4.69, 9.17) is 5.84 Å². The minimum Gasteiger partial charge on any atom is -0.308 e. The molecule has 0 saturated heterocycles. The van der Waals surface area contributed by atoms with Crippen LogP contribution in [0.25, 0.3) is 11.4 Å². The maximum Gasteiger partial charge on any atom is 0.163 e. The molecular formula is C13H17N5. The smallest absolute Gasteiger partial charge is 0.163 e. The van der Waals surface area contributed by atoms with Crippen LogP contribution in [0.1, 0.15) is 23.7 Å². The molecule has 2 heterocycles. The van der Waals surface area contributed by atoms with Crippen LogP contribution < -0.4 is 11.3 Å². The number of nitrogens with two attached hydrogens (primary N) is 1. The van der Waals surface area contributed by atoms with Crippen LogP contribution >= 0.6 is 0 Å². The van der Waals surface area contributed by atoms with Crippen LogP contribution in [0.5, 0.6) is 0 Å². The number of pyridine rings is 1. The molecule has 0 fully saturated rings. The summed E-state index contributed by atoms with van der Waals surface area (Å²) in [6.07, 6.45) is 4.38. The summed E-state index contributed by atoms with van der Waals surface area (Å²) in [6.45, 7) is 6.04. The molecule has 0 aliphatic carbocycles. The SMILES string of the molecule is CCc1c(C)nc(-c2cnccc2C)nc1NN. The van der Waals surface area contributed by atoms with E-state index >= 15 is 0 Å². The summed E-state index contributed by atoms with van der Waals surface area (Å²) in [5, 5.41) is 0. The van der Waals surface area contributed by atoms with E-state index in [1.165, 1.54) is 0 Å². The molecule has 0 aliphatic rings. The molecule has 2 rings (SSSR count). The van der Waals surface area contributed by atoms with E-state index in [0.29, 0.717) is 11.6 Å². The molecule has 3 N–H and O–H groups in total. The highest BCUT2D eigenvalue weighted by Crippen LogP contribution is 2.23. The molecule has 0 atom stereocenters. The zero-order valence-corrected chi connectivity index (χ0v) is 10.9. The standard InChI is InChI=1S/C13H17N5/c1-4-10-9(3)16-12(17-13(10)18-14)11-7-15-6-5-8(11)2/h5-7H,4,14H2,1-3H3,(H,16,17,18). The number of hydrogen-bond donors (Lipinski definition) is 2. The van der Waals surface area contributed by atoms with Gasteiger partial charge in [0.1, 0.15) is 5.82 Å². The van der Waals surface area contributed by atoms with Crippen LogP contribution in [-0.4, -0.2) is 15.0 Å². The predicted octanol–water partition coefficient (Wildman–Crippen LogP) is 2.00. The highest BCUT2D eigenvalue weighted by atomic mass is 15.3. The van der Waals surface area contributed by atoms with Gasteiger partial charge in [-0.05, 0) is 31.9 Å². The third-order valence-corrected chi connectivity index (χ3v) is 2.98. The zero-order chi connectivity index (χ0) is 13.1. The molecule has 0 saturated carbocycles. The van der Waals surface area contributed by atoms with Crippen LogP contribution in [0, 0.1) is 13.8 Å². The second-order valence-corrected chi connectivity index (χ2v) is 4.15. The predicted molar refractivity (Wildman–Crippen MR) is 71.9 cm³/mol.